The molecule has 0 heterocycles. The lowest BCUT2D eigenvalue weighted by atomic mass is 10.0. The van der Waals surface area contributed by atoms with Crippen LogP contribution in [0.2, 0.25) is 0 Å². The molecule has 0 saturated carbocycles. The summed E-state index contributed by atoms with van der Waals surface area (Å²) in [6, 6.07) is 25.7. The number of nitrogens with zero attached hydrogens (tertiary/aromatic N) is 2. The van der Waals surface area contributed by atoms with E-state index in [1.165, 1.54) is 10.6 Å². The van der Waals surface area contributed by atoms with Gasteiger partial charge in [0, 0.05) is 32.0 Å². The van der Waals surface area contributed by atoms with E-state index < -0.39 is 16.1 Å². The van der Waals surface area contributed by atoms with Gasteiger partial charge in [-0.15, -0.1) is 0 Å². The van der Waals surface area contributed by atoms with Crippen LogP contribution in [-0.2, 0) is 32.6 Å². The second-order valence-corrected chi connectivity index (χ2v) is 12.1. The zero-order valence-corrected chi connectivity index (χ0v) is 24.0. The molecule has 1 atom stereocenters. The molecular formula is C31H39N3O4S. The number of rotatable bonds is 13. The molecule has 1 N–H and O–H groups in total. The Hall–Kier alpha value is -3.65. The maximum absolute atomic E-state index is 13.8. The van der Waals surface area contributed by atoms with E-state index in [-0.39, 0.29) is 37.4 Å². The molecule has 8 heteroatoms. The number of nitrogens with one attached hydrogen (secondary N) is 1. The van der Waals surface area contributed by atoms with Gasteiger partial charge in [-0.25, -0.2) is 8.42 Å². The summed E-state index contributed by atoms with van der Waals surface area (Å²) in [7, 11) is -3.54. The minimum atomic E-state index is -3.54. The van der Waals surface area contributed by atoms with Crippen LogP contribution in [0.1, 0.15) is 43.4 Å². The Morgan fingerprint density at radius 3 is 1.95 bits per heavy atom. The van der Waals surface area contributed by atoms with Crippen molar-refractivity contribution in [2.24, 2.45) is 0 Å². The van der Waals surface area contributed by atoms with E-state index in [2.05, 4.69) is 5.32 Å². The average molecular weight is 550 g/mol. The molecule has 0 fully saturated rings. The second-order valence-electron chi connectivity index (χ2n) is 10.2. The molecule has 3 rings (SSSR count). The molecular weight excluding hydrogens is 510 g/mol. The molecule has 0 aliphatic carbocycles. The fraction of sp³-hybridized carbons (Fsp3) is 0.355. The highest BCUT2D eigenvalue weighted by Gasteiger charge is 2.30. The van der Waals surface area contributed by atoms with Gasteiger partial charge in [-0.2, -0.15) is 0 Å². The molecule has 0 aromatic heterocycles. The van der Waals surface area contributed by atoms with E-state index in [0.29, 0.717) is 18.5 Å². The van der Waals surface area contributed by atoms with Gasteiger partial charge in [0.2, 0.25) is 21.8 Å². The van der Waals surface area contributed by atoms with Crippen LogP contribution in [0.25, 0.3) is 0 Å². The highest BCUT2D eigenvalue weighted by Crippen LogP contribution is 2.20. The summed E-state index contributed by atoms with van der Waals surface area (Å²) in [5, 5.41) is 2.98. The van der Waals surface area contributed by atoms with E-state index in [0.717, 1.165) is 16.7 Å². The van der Waals surface area contributed by atoms with Crippen LogP contribution < -0.4 is 9.62 Å². The van der Waals surface area contributed by atoms with Gasteiger partial charge in [0.05, 0.1) is 11.9 Å². The summed E-state index contributed by atoms with van der Waals surface area (Å²) in [6.45, 7) is 6.16. The third-order valence-electron chi connectivity index (χ3n) is 6.37. The van der Waals surface area contributed by atoms with Crippen molar-refractivity contribution in [2.75, 3.05) is 17.1 Å². The summed E-state index contributed by atoms with van der Waals surface area (Å²) in [6.07, 6.45) is 1.96. The Morgan fingerprint density at radius 2 is 1.41 bits per heavy atom. The van der Waals surface area contributed by atoms with E-state index in [1.807, 2.05) is 93.6 Å². The third kappa shape index (κ3) is 9.25. The molecule has 3 aromatic rings. The number of anilines is 1. The van der Waals surface area contributed by atoms with Gasteiger partial charge in [-0.1, -0.05) is 78.4 Å². The van der Waals surface area contributed by atoms with Gasteiger partial charge in [0.15, 0.2) is 0 Å². The van der Waals surface area contributed by atoms with Crippen LogP contribution in [0.3, 0.4) is 0 Å². The monoisotopic (exact) mass is 549 g/mol. The maximum Gasteiger partial charge on any atom is 0.243 e. The molecule has 0 aliphatic heterocycles. The van der Waals surface area contributed by atoms with Gasteiger partial charge >= 0.3 is 0 Å². The molecule has 1 unspecified atom stereocenters. The fourth-order valence-electron chi connectivity index (χ4n) is 4.43. The number of amides is 2. The van der Waals surface area contributed by atoms with Crippen LogP contribution in [0.5, 0.6) is 0 Å². The highest BCUT2D eigenvalue weighted by atomic mass is 32.2. The fourth-order valence-corrected chi connectivity index (χ4v) is 5.40. The Labute approximate surface area is 232 Å². The van der Waals surface area contributed by atoms with Gasteiger partial charge < -0.3 is 10.2 Å². The van der Waals surface area contributed by atoms with E-state index in [9.17, 15) is 18.0 Å². The SMILES string of the molecule is Cc1ccc(N(CCCC(=O)N(Cc2ccccc2)C(Cc2ccccc2)C(=O)NC(C)C)S(C)(=O)=O)cc1. The predicted molar refractivity (Wildman–Crippen MR) is 157 cm³/mol. The van der Waals surface area contributed by atoms with Crippen molar-refractivity contribution >= 4 is 27.5 Å². The Balaban J connectivity index is 1.85. The van der Waals surface area contributed by atoms with Crippen molar-refractivity contribution in [3.8, 4) is 0 Å². The summed E-state index contributed by atoms with van der Waals surface area (Å²) in [4.78, 5) is 28.8. The van der Waals surface area contributed by atoms with Gasteiger partial charge in [-0.05, 0) is 50.5 Å². The van der Waals surface area contributed by atoms with Crippen LogP contribution in [-0.4, -0.2) is 50.0 Å². The molecule has 2 amide bonds. The topological polar surface area (TPSA) is 86.8 Å². The number of hydrogen-bond acceptors (Lipinski definition) is 4. The first-order valence-electron chi connectivity index (χ1n) is 13.3. The highest BCUT2D eigenvalue weighted by molar-refractivity contribution is 7.92. The van der Waals surface area contributed by atoms with E-state index in [4.69, 9.17) is 0 Å². The molecule has 39 heavy (non-hydrogen) atoms. The first-order valence-corrected chi connectivity index (χ1v) is 15.1. The molecule has 0 radical (unpaired) electrons. The summed E-state index contributed by atoms with van der Waals surface area (Å²) in [5.74, 6) is -0.411. The van der Waals surface area contributed by atoms with Gasteiger partial charge in [0.1, 0.15) is 6.04 Å². The van der Waals surface area contributed by atoms with Crippen LogP contribution in [0.15, 0.2) is 84.9 Å². The number of aryl methyl sites for hydroxylation is 1. The normalized spacial score (nSPS) is 12.1. The van der Waals surface area contributed by atoms with Crippen LogP contribution in [0.4, 0.5) is 5.69 Å². The molecule has 0 aliphatic rings. The van der Waals surface area contributed by atoms with Crippen LogP contribution in [0, 0.1) is 6.92 Å². The molecule has 3 aromatic carbocycles. The van der Waals surface area contributed by atoms with E-state index in [1.54, 1.807) is 17.0 Å². The third-order valence-corrected chi connectivity index (χ3v) is 7.57. The van der Waals surface area contributed by atoms with E-state index >= 15 is 0 Å². The Morgan fingerprint density at radius 1 is 0.846 bits per heavy atom. The van der Waals surface area contributed by atoms with Crippen molar-refractivity contribution in [3.05, 3.63) is 102 Å². The standard InChI is InChI=1S/C31H39N3O4S/c1-24(2)32-31(36)29(22-26-12-7-5-8-13-26)33(23-27-14-9-6-10-15-27)30(35)16-11-21-34(39(4,37)38)28-19-17-25(3)18-20-28/h5-10,12-15,17-20,24,29H,11,16,21-23H2,1-4H3,(H,32,36). The average Bonchev–Trinajstić information content (AvgIpc) is 2.89. The Kier molecular flexibility index (Phi) is 10.7. The zero-order valence-electron chi connectivity index (χ0n) is 23.2. The van der Waals surface area contributed by atoms with Gasteiger partial charge in [0.25, 0.3) is 0 Å². The quantitative estimate of drug-likeness (QED) is 0.335. The smallest absolute Gasteiger partial charge is 0.243 e. The number of hydrogen-bond donors (Lipinski definition) is 1. The summed E-state index contributed by atoms with van der Waals surface area (Å²) < 4.78 is 26.4. The predicted octanol–water partition coefficient (Wildman–Crippen LogP) is 4.71. The molecule has 0 bridgehead atoms. The first-order chi connectivity index (χ1) is 18.5. The first kappa shape index (κ1) is 29.9. The van der Waals surface area contributed by atoms with Crippen LogP contribution >= 0.6 is 0 Å². The molecule has 7 nitrogen and oxygen atoms in total. The zero-order chi connectivity index (χ0) is 28.4. The Bertz CT molecular complexity index is 1310. The second kappa shape index (κ2) is 13.9. The molecule has 0 saturated heterocycles. The summed E-state index contributed by atoms with van der Waals surface area (Å²) >= 11 is 0. The minimum Gasteiger partial charge on any atom is -0.352 e. The van der Waals surface area contributed by atoms with Crippen molar-refractivity contribution in [1.82, 2.24) is 10.2 Å². The molecule has 208 valence electrons. The van der Waals surface area contributed by atoms with Crippen molar-refractivity contribution in [2.45, 2.75) is 58.7 Å². The number of benzene rings is 3. The lowest BCUT2D eigenvalue weighted by Crippen LogP contribution is -2.51. The maximum atomic E-state index is 13.8. The number of carbonyl (C=O) groups excluding carboxylic acids is 2. The van der Waals surface area contributed by atoms with Crippen molar-refractivity contribution in [3.63, 3.8) is 0 Å². The van der Waals surface area contributed by atoms with Crippen molar-refractivity contribution in [1.29, 1.82) is 0 Å². The lowest BCUT2D eigenvalue weighted by Gasteiger charge is -2.32. The largest absolute Gasteiger partial charge is 0.352 e. The molecule has 0 spiro atoms. The summed E-state index contributed by atoms with van der Waals surface area (Å²) in [5.41, 5.74) is 3.46. The van der Waals surface area contributed by atoms with Crippen molar-refractivity contribution < 1.29 is 18.0 Å². The lowest BCUT2D eigenvalue weighted by molar-refractivity contribution is -0.141. The van der Waals surface area contributed by atoms with Gasteiger partial charge in [-0.3, -0.25) is 13.9 Å². The minimum absolute atomic E-state index is 0.0812. The number of sulfonamides is 1. The number of carbonyl (C=O) groups is 2.